The molecule has 0 aromatic heterocycles. The predicted molar refractivity (Wildman–Crippen MR) is 50.6 cm³/mol. The van der Waals surface area contributed by atoms with Crippen LogP contribution in [0, 0.1) is 5.92 Å². The third kappa shape index (κ3) is 2.66. The number of rotatable bonds is 3. The zero-order chi connectivity index (χ0) is 9.26. The highest BCUT2D eigenvalue weighted by molar-refractivity contribution is 4.82. The van der Waals surface area contributed by atoms with Crippen LogP contribution >= 0.6 is 0 Å². The fourth-order valence-electron chi connectivity index (χ4n) is 2.06. The molecule has 2 aliphatic rings. The first-order chi connectivity index (χ1) is 6.28. The molecule has 0 spiro atoms. The first-order valence-corrected chi connectivity index (χ1v) is 5.26. The highest BCUT2D eigenvalue weighted by atomic mass is 16.5. The first-order valence-electron chi connectivity index (χ1n) is 5.26. The predicted octanol–water partition coefficient (Wildman–Crippen LogP) is 0.478. The van der Waals surface area contributed by atoms with Crippen LogP contribution in [0.1, 0.15) is 19.8 Å². The van der Waals surface area contributed by atoms with E-state index in [1.807, 2.05) is 0 Å². The Morgan fingerprint density at radius 2 is 2.15 bits per heavy atom. The van der Waals surface area contributed by atoms with Gasteiger partial charge in [0.05, 0.1) is 18.8 Å². The second-order valence-corrected chi connectivity index (χ2v) is 4.41. The van der Waals surface area contributed by atoms with Crippen molar-refractivity contribution in [2.45, 2.75) is 32.0 Å². The van der Waals surface area contributed by atoms with Crippen LogP contribution in [0.25, 0.3) is 0 Å². The van der Waals surface area contributed by atoms with Crippen molar-refractivity contribution in [3.63, 3.8) is 0 Å². The Hall–Kier alpha value is -0.120. The van der Waals surface area contributed by atoms with E-state index in [9.17, 15) is 0 Å². The van der Waals surface area contributed by atoms with E-state index in [0.29, 0.717) is 0 Å². The molecule has 3 nitrogen and oxygen atoms in total. The summed E-state index contributed by atoms with van der Waals surface area (Å²) in [5, 5.41) is 9.02. The van der Waals surface area contributed by atoms with E-state index < -0.39 is 0 Å². The maximum absolute atomic E-state index is 9.02. The minimum atomic E-state index is 0.0440. The van der Waals surface area contributed by atoms with Crippen LogP contribution in [0.5, 0.6) is 0 Å². The van der Waals surface area contributed by atoms with Gasteiger partial charge in [0.15, 0.2) is 0 Å². The van der Waals surface area contributed by atoms with Crippen LogP contribution in [0.2, 0.25) is 0 Å². The van der Waals surface area contributed by atoms with Gasteiger partial charge in [0.1, 0.15) is 0 Å². The average Bonchev–Trinajstić information content (AvgIpc) is 2.87. The molecule has 0 radical (unpaired) electrons. The van der Waals surface area contributed by atoms with E-state index in [1.54, 1.807) is 0 Å². The maximum atomic E-state index is 9.02. The van der Waals surface area contributed by atoms with Gasteiger partial charge in [-0.05, 0) is 25.7 Å². The number of hydrogen-bond acceptors (Lipinski definition) is 3. The van der Waals surface area contributed by atoms with E-state index in [0.717, 1.165) is 19.0 Å². The second kappa shape index (κ2) is 3.95. The van der Waals surface area contributed by atoms with Crippen LogP contribution in [0.15, 0.2) is 0 Å². The summed E-state index contributed by atoms with van der Waals surface area (Å²) < 4.78 is 5.58. The monoisotopic (exact) mass is 185 g/mol. The lowest BCUT2D eigenvalue weighted by molar-refractivity contribution is -0.0959. The summed E-state index contributed by atoms with van der Waals surface area (Å²) in [5.74, 6) is 0.935. The first kappa shape index (κ1) is 9.44. The molecule has 13 heavy (non-hydrogen) atoms. The van der Waals surface area contributed by atoms with Crippen LogP contribution in [0.3, 0.4) is 0 Å². The Morgan fingerprint density at radius 3 is 2.77 bits per heavy atom. The smallest absolute Gasteiger partial charge is 0.0936 e. The molecule has 0 aromatic carbocycles. The van der Waals surface area contributed by atoms with Gasteiger partial charge in [-0.2, -0.15) is 0 Å². The number of aliphatic hydroxyl groups excluding tert-OH is 1. The number of ether oxygens (including phenoxy) is 1. The topological polar surface area (TPSA) is 32.7 Å². The normalized spacial score (nSPS) is 36.5. The fraction of sp³-hybridized carbons (Fsp3) is 1.00. The van der Waals surface area contributed by atoms with Gasteiger partial charge in [-0.3, -0.25) is 4.90 Å². The molecule has 0 amide bonds. The molecule has 1 heterocycles. The Kier molecular flexibility index (Phi) is 2.86. The quantitative estimate of drug-likeness (QED) is 0.694. The van der Waals surface area contributed by atoms with Gasteiger partial charge in [0.25, 0.3) is 0 Å². The lowest BCUT2D eigenvalue weighted by Crippen LogP contribution is -2.48. The van der Waals surface area contributed by atoms with Crippen molar-refractivity contribution in [3.05, 3.63) is 0 Å². The van der Waals surface area contributed by atoms with Gasteiger partial charge >= 0.3 is 0 Å². The lowest BCUT2D eigenvalue weighted by Gasteiger charge is -2.36. The van der Waals surface area contributed by atoms with Crippen LogP contribution in [-0.2, 0) is 4.74 Å². The van der Waals surface area contributed by atoms with Crippen molar-refractivity contribution in [2.75, 3.05) is 26.2 Å². The van der Waals surface area contributed by atoms with Gasteiger partial charge < -0.3 is 9.84 Å². The molecular formula is C10H19NO2. The SMILES string of the molecule is CC1CN(CC2CC2)CC(CO)O1. The Labute approximate surface area is 79.7 Å². The summed E-state index contributed by atoms with van der Waals surface area (Å²) in [6.45, 7) is 5.40. The second-order valence-electron chi connectivity index (χ2n) is 4.41. The molecule has 76 valence electrons. The zero-order valence-corrected chi connectivity index (χ0v) is 8.28. The van der Waals surface area contributed by atoms with E-state index in [-0.39, 0.29) is 18.8 Å². The number of nitrogens with zero attached hydrogens (tertiary/aromatic N) is 1. The Bertz CT molecular complexity index is 168. The number of hydrogen-bond donors (Lipinski definition) is 1. The van der Waals surface area contributed by atoms with Crippen molar-refractivity contribution in [1.82, 2.24) is 4.90 Å². The Balaban J connectivity index is 1.80. The van der Waals surface area contributed by atoms with Gasteiger partial charge in [-0.15, -0.1) is 0 Å². The Morgan fingerprint density at radius 1 is 1.38 bits per heavy atom. The maximum Gasteiger partial charge on any atom is 0.0936 e. The molecule has 1 N–H and O–H groups in total. The summed E-state index contributed by atoms with van der Waals surface area (Å²) in [6.07, 6.45) is 3.12. The molecule has 0 bridgehead atoms. The summed E-state index contributed by atoms with van der Waals surface area (Å²) in [5.41, 5.74) is 0. The van der Waals surface area contributed by atoms with Gasteiger partial charge in [0.2, 0.25) is 0 Å². The van der Waals surface area contributed by atoms with Gasteiger partial charge in [-0.25, -0.2) is 0 Å². The van der Waals surface area contributed by atoms with Gasteiger partial charge in [-0.1, -0.05) is 0 Å². The molecule has 3 heteroatoms. The summed E-state index contributed by atoms with van der Waals surface area (Å²) in [6, 6.07) is 0. The van der Waals surface area contributed by atoms with Crippen LogP contribution in [-0.4, -0.2) is 48.5 Å². The third-order valence-electron chi connectivity index (χ3n) is 2.82. The molecule has 2 unspecified atom stereocenters. The number of morpholine rings is 1. The van der Waals surface area contributed by atoms with E-state index in [2.05, 4.69) is 11.8 Å². The minimum absolute atomic E-state index is 0.0440. The van der Waals surface area contributed by atoms with Gasteiger partial charge in [0, 0.05) is 19.6 Å². The summed E-state index contributed by atoms with van der Waals surface area (Å²) in [4.78, 5) is 2.44. The molecule has 2 atom stereocenters. The number of aliphatic hydroxyl groups is 1. The summed E-state index contributed by atoms with van der Waals surface area (Å²) in [7, 11) is 0. The fourth-order valence-corrected chi connectivity index (χ4v) is 2.06. The molecule has 1 saturated heterocycles. The molecular weight excluding hydrogens is 166 g/mol. The third-order valence-corrected chi connectivity index (χ3v) is 2.82. The van der Waals surface area contributed by atoms with Crippen molar-refractivity contribution in [1.29, 1.82) is 0 Å². The summed E-state index contributed by atoms with van der Waals surface area (Å²) >= 11 is 0. The van der Waals surface area contributed by atoms with Crippen LogP contribution < -0.4 is 0 Å². The largest absolute Gasteiger partial charge is 0.394 e. The molecule has 1 aliphatic heterocycles. The molecule has 2 fully saturated rings. The van der Waals surface area contributed by atoms with Crippen LogP contribution in [0.4, 0.5) is 0 Å². The standard InChI is InChI=1S/C10H19NO2/c1-8-4-11(5-9-2-3-9)6-10(7-12)13-8/h8-10,12H,2-7H2,1H3. The highest BCUT2D eigenvalue weighted by Gasteiger charge is 2.29. The van der Waals surface area contributed by atoms with Crippen molar-refractivity contribution in [3.8, 4) is 0 Å². The molecule has 1 aliphatic carbocycles. The highest BCUT2D eigenvalue weighted by Crippen LogP contribution is 2.30. The molecule has 2 rings (SSSR count). The van der Waals surface area contributed by atoms with E-state index >= 15 is 0 Å². The van der Waals surface area contributed by atoms with Crippen molar-refractivity contribution < 1.29 is 9.84 Å². The van der Waals surface area contributed by atoms with E-state index in [1.165, 1.54) is 19.4 Å². The minimum Gasteiger partial charge on any atom is -0.394 e. The molecule has 0 aromatic rings. The van der Waals surface area contributed by atoms with Crippen molar-refractivity contribution >= 4 is 0 Å². The zero-order valence-electron chi connectivity index (χ0n) is 8.28. The van der Waals surface area contributed by atoms with E-state index in [4.69, 9.17) is 9.84 Å². The molecule has 1 saturated carbocycles. The average molecular weight is 185 g/mol. The van der Waals surface area contributed by atoms with Crippen molar-refractivity contribution in [2.24, 2.45) is 5.92 Å². The lowest BCUT2D eigenvalue weighted by atomic mass is 10.2.